The quantitative estimate of drug-likeness (QED) is 0.333. The molecule has 1 unspecified atom stereocenters. The molecule has 34 heavy (non-hydrogen) atoms. The van der Waals surface area contributed by atoms with Crippen LogP contribution in [-0.4, -0.2) is 27.5 Å². The monoisotopic (exact) mass is 459 g/mol. The van der Waals surface area contributed by atoms with Crippen LogP contribution in [0.2, 0.25) is 0 Å². The van der Waals surface area contributed by atoms with Crippen LogP contribution in [-0.2, 0) is 4.74 Å². The molecule has 5 rings (SSSR count). The number of pyridine rings is 1. The number of benzene rings is 2. The second kappa shape index (κ2) is 9.16. The average molecular weight is 460 g/mol. The largest absolute Gasteiger partial charge is 0.462 e. The molecule has 0 radical (unpaired) electrons. The lowest BCUT2D eigenvalue weighted by Crippen LogP contribution is -2.19. The molecule has 0 spiro atoms. The van der Waals surface area contributed by atoms with Gasteiger partial charge in [0.2, 0.25) is 0 Å². The summed E-state index contributed by atoms with van der Waals surface area (Å²) in [7, 11) is 0. The summed E-state index contributed by atoms with van der Waals surface area (Å²) in [6.07, 6.45) is 6.16. The fourth-order valence-electron chi connectivity index (χ4n) is 5.53. The van der Waals surface area contributed by atoms with Gasteiger partial charge in [0.1, 0.15) is 11.6 Å². The summed E-state index contributed by atoms with van der Waals surface area (Å²) in [5.74, 6) is 1.68. The van der Waals surface area contributed by atoms with Crippen molar-refractivity contribution in [1.29, 1.82) is 0 Å². The molecule has 0 bridgehead atoms. The van der Waals surface area contributed by atoms with E-state index in [2.05, 4.69) is 23.0 Å². The summed E-state index contributed by atoms with van der Waals surface area (Å²) in [6.45, 7) is 6.34. The minimum Gasteiger partial charge on any atom is -0.462 e. The molecule has 1 saturated carbocycles. The summed E-state index contributed by atoms with van der Waals surface area (Å²) >= 11 is 0. The standard InChI is InChI=1S/C28H30FN3O2/c1-4-34-28(33)21-10-12-25-26(17(21)3)32-27(31-25)16(2)18-5-7-19(8-6-18)22-13-14-30-24-11-9-20(29)15-23(22)24/h9-16,18-19H,4-8H2,1-3H3,(H,31,32). The Morgan fingerprint density at radius 1 is 1.15 bits per heavy atom. The molecule has 0 amide bonds. The Balaban J connectivity index is 1.33. The van der Waals surface area contributed by atoms with Crippen molar-refractivity contribution in [2.75, 3.05) is 6.61 Å². The maximum atomic E-state index is 13.9. The molecular weight excluding hydrogens is 429 g/mol. The first-order valence-electron chi connectivity index (χ1n) is 12.2. The van der Waals surface area contributed by atoms with Gasteiger partial charge in [0.25, 0.3) is 0 Å². The third-order valence-corrected chi connectivity index (χ3v) is 7.52. The molecule has 1 atom stereocenters. The Morgan fingerprint density at radius 2 is 1.91 bits per heavy atom. The van der Waals surface area contributed by atoms with Crippen molar-refractivity contribution in [3.8, 4) is 0 Å². The number of imidazole rings is 1. The highest BCUT2D eigenvalue weighted by Gasteiger charge is 2.29. The Morgan fingerprint density at radius 3 is 2.68 bits per heavy atom. The first-order valence-corrected chi connectivity index (χ1v) is 12.2. The summed E-state index contributed by atoms with van der Waals surface area (Å²) in [6, 6.07) is 10.6. The second-order valence-corrected chi connectivity index (χ2v) is 9.44. The zero-order chi connectivity index (χ0) is 23.8. The van der Waals surface area contributed by atoms with Gasteiger partial charge in [0.15, 0.2) is 0 Å². The van der Waals surface area contributed by atoms with Crippen LogP contribution in [0.3, 0.4) is 0 Å². The molecule has 1 N–H and O–H groups in total. The van der Waals surface area contributed by atoms with Crippen molar-refractivity contribution in [2.24, 2.45) is 5.92 Å². The summed E-state index contributed by atoms with van der Waals surface area (Å²) in [4.78, 5) is 25.0. The van der Waals surface area contributed by atoms with Gasteiger partial charge in [-0.05, 0) is 98.9 Å². The SMILES string of the molecule is CCOC(=O)c1ccc2nc(C(C)C3CCC(c4ccnc5ccc(F)cc45)CC3)[nH]c2c1C. The number of carbonyl (C=O) groups excluding carboxylic acids is 1. The van der Waals surface area contributed by atoms with E-state index in [0.717, 1.165) is 59.0 Å². The van der Waals surface area contributed by atoms with E-state index in [9.17, 15) is 9.18 Å². The first kappa shape index (κ1) is 22.5. The lowest BCUT2D eigenvalue weighted by atomic mass is 9.73. The number of aromatic nitrogens is 3. The molecule has 0 aliphatic heterocycles. The van der Waals surface area contributed by atoms with Crippen LogP contribution < -0.4 is 0 Å². The Kier molecular flexibility index (Phi) is 6.07. The number of hydrogen-bond acceptors (Lipinski definition) is 4. The minimum atomic E-state index is -0.298. The molecule has 1 fully saturated rings. The molecule has 4 aromatic rings. The summed E-state index contributed by atoms with van der Waals surface area (Å²) in [5, 5.41) is 0.934. The number of H-pyrrole nitrogens is 1. The lowest BCUT2D eigenvalue weighted by Gasteiger charge is -2.32. The van der Waals surface area contributed by atoms with Crippen molar-refractivity contribution in [2.45, 2.75) is 58.3 Å². The van der Waals surface area contributed by atoms with Gasteiger partial charge in [-0.2, -0.15) is 0 Å². The molecule has 6 heteroatoms. The number of nitrogens with one attached hydrogen (secondary N) is 1. The fraction of sp³-hybridized carbons (Fsp3) is 0.393. The van der Waals surface area contributed by atoms with Crippen molar-refractivity contribution < 1.29 is 13.9 Å². The van der Waals surface area contributed by atoms with E-state index in [0.29, 0.717) is 24.0 Å². The third-order valence-electron chi connectivity index (χ3n) is 7.52. The summed E-state index contributed by atoms with van der Waals surface area (Å²) in [5.41, 5.74) is 5.31. The van der Waals surface area contributed by atoms with Crippen LogP contribution in [0.25, 0.3) is 21.9 Å². The Bertz CT molecular complexity index is 1350. The van der Waals surface area contributed by atoms with Crippen molar-refractivity contribution in [1.82, 2.24) is 15.0 Å². The highest BCUT2D eigenvalue weighted by atomic mass is 19.1. The number of rotatable bonds is 5. The van der Waals surface area contributed by atoms with Crippen molar-refractivity contribution in [3.63, 3.8) is 0 Å². The van der Waals surface area contributed by atoms with Crippen molar-refractivity contribution >= 4 is 27.9 Å². The fourth-order valence-corrected chi connectivity index (χ4v) is 5.53. The number of aromatic amines is 1. The number of fused-ring (bicyclic) bond motifs is 2. The number of ether oxygens (including phenoxy) is 1. The zero-order valence-electron chi connectivity index (χ0n) is 19.9. The number of aryl methyl sites for hydroxylation is 1. The molecular formula is C28H30FN3O2. The van der Waals surface area contributed by atoms with Gasteiger partial charge in [-0.1, -0.05) is 6.92 Å². The molecule has 2 heterocycles. The second-order valence-electron chi connectivity index (χ2n) is 9.44. The van der Waals surface area contributed by atoms with Crippen LogP contribution in [0.1, 0.15) is 78.7 Å². The van der Waals surface area contributed by atoms with E-state index in [1.54, 1.807) is 18.2 Å². The number of halogens is 1. The molecule has 5 nitrogen and oxygen atoms in total. The van der Waals surface area contributed by atoms with Gasteiger partial charge in [-0.25, -0.2) is 14.2 Å². The van der Waals surface area contributed by atoms with Gasteiger partial charge in [-0.15, -0.1) is 0 Å². The maximum Gasteiger partial charge on any atom is 0.338 e. The average Bonchev–Trinajstić information content (AvgIpc) is 3.29. The summed E-state index contributed by atoms with van der Waals surface area (Å²) < 4.78 is 19.1. The highest BCUT2D eigenvalue weighted by Crippen LogP contribution is 2.43. The topological polar surface area (TPSA) is 67.9 Å². The molecule has 2 aromatic carbocycles. The molecule has 2 aromatic heterocycles. The molecule has 0 saturated heterocycles. The smallest absolute Gasteiger partial charge is 0.338 e. The van der Waals surface area contributed by atoms with Crippen LogP contribution in [0.15, 0.2) is 42.6 Å². The van der Waals surface area contributed by atoms with Crippen LogP contribution in [0, 0.1) is 18.7 Å². The van der Waals surface area contributed by atoms with Gasteiger partial charge in [0.05, 0.1) is 28.7 Å². The van der Waals surface area contributed by atoms with Gasteiger partial charge < -0.3 is 9.72 Å². The zero-order valence-corrected chi connectivity index (χ0v) is 19.9. The van der Waals surface area contributed by atoms with Crippen LogP contribution >= 0.6 is 0 Å². The lowest BCUT2D eigenvalue weighted by molar-refractivity contribution is 0.0525. The Hall–Kier alpha value is -3.28. The van der Waals surface area contributed by atoms with Crippen LogP contribution in [0.4, 0.5) is 4.39 Å². The molecule has 176 valence electrons. The van der Waals surface area contributed by atoms with E-state index >= 15 is 0 Å². The first-order chi connectivity index (χ1) is 16.5. The van der Waals surface area contributed by atoms with Gasteiger partial charge >= 0.3 is 5.97 Å². The molecule has 1 aliphatic carbocycles. The third kappa shape index (κ3) is 4.06. The molecule has 1 aliphatic rings. The van der Waals surface area contributed by atoms with Crippen LogP contribution in [0.5, 0.6) is 0 Å². The number of carbonyl (C=O) groups is 1. The van der Waals surface area contributed by atoms with E-state index in [4.69, 9.17) is 9.72 Å². The maximum absolute atomic E-state index is 13.9. The van der Waals surface area contributed by atoms with E-state index < -0.39 is 0 Å². The number of esters is 1. The van der Waals surface area contributed by atoms with E-state index in [-0.39, 0.29) is 17.7 Å². The predicted molar refractivity (Wildman–Crippen MR) is 132 cm³/mol. The predicted octanol–water partition coefficient (Wildman–Crippen LogP) is 6.81. The van der Waals surface area contributed by atoms with E-state index in [1.165, 1.54) is 11.6 Å². The van der Waals surface area contributed by atoms with Gasteiger partial charge in [-0.3, -0.25) is 4.98 Å². The normalized spacial score (nSPS) is 19.4. The van der Waals surface area contributed by atoms with Crippen molar-refractivity contribution in [3.05, 3.63) is 70.9 Å². The van der Waals surface area contributed by atoms with E-state index in [1.807, 2.05) is 26.1 Å². The number of nitrogens with zero attached hydrogens (tertiary/aromatic N) is 2. The Labute approximate surface area is 198 Å². The van der Waals surface area contributed by atoms with Gasteiger partial charge in [0, 0.05) is 17.5 Å². The number of hydrogen-bond donors (Lipinski definition) is 1. The highest BCUT2D eigenvalue weighted by molar-refractivity contribution is 5.96. The minimum absolute atomic E-state index is 0.213.